The maximum atomic E-state index is 14.4. The molecule has 1 aromatic heterocycles. The Kier molecular flexibility index (Phi) is 11.6. The molecular weight excluding hydrogens is 625 g/mol. The number of hydrogen-bond acceptors (Lipinski definition) is 6. The highest BCUT2D eigenvalue weighted by Gasteiger charge is 2.30. The lowest BCUT2D eigenvalue weighted by molar-refractivity contribution is -0.307. The molecule has 1 saturated heterocycles. The molecule has 0 bridgehead atoms. The van der Waals surface area contributed by atoms with E-state index in [1.54, 1.807) is 18.2 Å². The molecule has 2 heterocycles. The second-order valence-electron chi connectivity index (χ2n) is 12.9. The standard InChI is InChI=1S/C39H44FN3O6/c1-25(2)43-33(18-17-31(44)22-32(45)23-34(46)47)35(28-13-15-30(40)16-14-28)36(27-10-4-3-5-11-27)37(43)38(48)41-24-26-9-8-12-29(21-26)39(49)42-19-6-7-20-42/h3-5,8-16,21,25,31-32,44-45H,6-7,17-20,22-24H2,1-2H3,(H,41,48)(H,46,47)/p-1/t31-,32-/m1/s1. The number of rotatable bonds is 14. The molecule has 0 unspecified atom stereocenters. The molecule has 1 aliphatic heterocycles. The summed E-state index contributed by atoms with van der Waals surface area (Å²) in [5.41, 5.74) is 5.30. The number of nitrogens with one attached hydrogen (secondary N) is 1. The summed E-state index contributed by atoms with van der Waals surface area (Å²) in [5.74, 6) is -2.17. The number of aromatic nitrogens is 1. The smallest absolute Gasteiger partial charge is 0.268 e. The molecule has 0 radical (unpaired) electrons. The summed E-state index contributed by atoms with van der Waals surface area (Å²) < 4.78 is 16.1. The zero-order chi connectivity index (χ0) is 35.1. The van der Waals surface area contributed by atoms with E-state index in [1.807, 2.05) is 71.8 Å². The van der Waals surface area contributed by atoms with Crippen LogP contribution in [0.1, 0.15) is 84.1 Å². The number of aliphatic hydroxyl groups is 2. The van der Waals surface area contributed by atoms with Gasteiger partial charge in [-0.25, -0.2) is 4.39 Å². The lowest BCUT2D eigenvalue weighted by Gasteiger charge is -2.20. The van der Waals surface area contributed by atoms with Gasteiger partial charge in [-0.1, -0.05) is 54.6 Å². The molecule has 49 heavy (non-hydrogen) atoms. The van der Waals surface area contributed by atoms with Gasteiger partial charge in [-0.05, 0) is 86.9 Å². The third kappa shape index (κ3) is 8.63. The van der Waals surface area contributed by atoms with E-state index in [0.29, 0.717) is 27.9 Å². The molecule has 0 spiro atoms. The van der Waals surface area contributed by atoms with E-state index < -0.39 is 30.4 Å². The summed E-state index contributed by atoms with van der Waals surface area (Å²) in [6.07, 6.45) is -0.603. The molecule has 3 N–H and O–H groups in total. The predicted molar refractivity (Wildman–Crippen MR) is 183 cm³/mol. The predicted octanol–water partition coefficient (Wildman–Crippen LogP) is 4.89. The Morgan fingerprint density at radius 2 is 1.55 bits per heavy atom. The highest BCUT2D eigenvalue weighted by Crippen LogP contribution is 2.42. The van der Waals surface area contributed by atoms with Gasteiger partial charge in [-0.2, -0.15) is 0 Å². The zero-order valence-electron chi connectivity index (χ0n) is 27.9. The summed E-state index contributed by atoms with van der Waals surface area (Å²) in [6.45, 7) is 5.57. The Morgan fingerprint density at radius 3 is 2.20 bits per heavy atom. The van der Waals surface area contributed by atoms with Crippen molar-refractivity contribution in [1.82, 2.24) is 14.8 Å². The Balaban J connectivity index is 1.55. The van der Waals surface area contributed by atoms with Crippen LogP contribution in [-0.4, -0.2) is 62.8 Å². The minimum Gasteiger partial charge on any atom is -0.550 e. The molecule has 10 heteroatoms. The Bertz CT molecular complexity index is 1760. The van der Waals surface area contributed by atoms with Gasteiger partial charge in [0.15, 0.2) is 0 Å². The number of benzene rings is 3. The van der Waals surface area contributed by atoms with Crippen molar-refractivity contribution in [1.29, 1.82) is 0 Å². The van der Waals surface area contributed by atoms with E-state index in [4.69, 9.17) is 0 Å². The number of aliphatic hydroxyl groups excluding tert-OH is 2. The fourth-order valence-corrected chi connectivity index (χ4v) is 6.68. The third-order valence-corrected chi connectivity index (χ3v) is 8.92. The molecule has 1 aliphatic rings. The average molecular weight is 669 g/mol. The van der Waals surface area contributed by atoms with E-state index in [1.165, 1.54) is 12.1 Å². The van der Waals surface area contributed by atoms with Gasteiger partial charge in [0.1, 0.15) is 11.5 Å². The minimum atomic E-state index is -1.40. The topological polar surface area (TPSA) is 135 Å². The zero-order valence-corrected chi connectivity index (χ0v) is 27.9. The van der Waals surface area contributed by atoms with Crippen molar-refractivity contribution in [2.45, 2.75) is 77.2 Å². The first-order chi connectivity index (χ1) is 23.5. The van der Waals surface area contributed by atoms with Gasteiger partial charge < -0.3 is 34.9 Å². The van der Waals surface area contributed by atoms with Crippen LogP contribution < -0.4 is 10.4 Å². The van der Waals surface area contributed by atoms with Crippen LogP contribution in [0.4, 0.5) is 4.39 Å². The van der Waals surface area contributed by atoms with Gasteiger partial charge in [0.2, 0.25) is 0 Å². The van der Waals surface area contributed by atoms with Crippen LogP contribution in [0.15, 0.2) is 78.9 Å². The number of halogens is 1. The van der Waals surface area contributed by atoms with Gasteiger partial charge >= 0.3 is 0 Å². The number of carboxylic acids is 1. The summed E-state index contributed by atoms with van der Waals surface area (Å²) >= 11 is 0. The number of carboxylic acid groups (broad SMARTS) is 1. The Hall–Kier alpha value is -4.80. The largest absolute Gasteiger partial charge is 0.550 e. The van der Waals surface area contributed by atoms with Gasteiger partial charge in [0, 0.05) is 60.5 Å². The molecule has 5 rings (SSSR count). The summed E-state index contributed by atoms with van der Waals surface area (Å²) in [4.78, 5) is 40.2. The SMILES string of the molecule is CC(C)n1c(CC[C@@H](O)C[C@@H](O)CC(=O)[O-])c(-c2ccc(F)cc2)c(-c2ccccc2)c1C(=O)NCc1cccc(C(=O)N2CCCC2)c1. The molecule has 0 aliphatic carbocycles. The van der Waals surface area contributed by atoms with Crippen LogP contribution in [0, 0.1) is 5.82 Å². The van der Waals surface area contributed by atoms with E-state index in [2.05, 4.69) is 5.32 Å². The fourth-order valence-electron chi connectivity index (χ4n) is 6.68. The van der Waals surface area contributed by atoms with Crippen LogP contribution in [0.2, 0.25) is 0 Å². The third-order valence-electron chi connectivity index (χ3n) is 8.92. The number of carbonyl (C=O) groups is 3. The molecule has 4 aromatic rings. The molecule has 1 fully saturated rings. The second kappa shape index (κ2) is 16.1. The summed E-state index contributed by atoms with van der Waals surface area (Å²) in [7, 11) is 0. The quantitative estimate of drug-likeness (QED) is 0.175. The molecule has 3 aromatic carbocycles. The summed E-state index contributed by atoms with van der Waals surface area (Å²) in [6, 6.07) is 22.6. The van der Waals surface area contributed by atoms with Crippen molar-refractivity contribution >= 4 is 17.8 Å². The maximum Gasteiger partial charge on any atom is 0.268 e. The maximum absolute atomic E-state index is 14.4. The first kappa shape index (κ1) is 35.5. The lowest BCUT2D eigenvalue weighted by Crippen LogP contribution is -2.29. The first-order valence-corrected chi connectivity index (χ1v) is 16.8. The normalized spacial score (nSPS) is 14.2. The lowest BCUT2D eigenvalue weighted by atomic mass is 9.92. The monoisotopic (exact) mass is 668 g/mol. The van der Waals surface area contributed by atoms with E-state index in [-0.39, 0.29) is 43.7 Å². The highest BCUT2D eigenvalue weighted by molar-refractivity contribution is 6.05. The van der Waals surface area contributed by atoms with Crippen molar-refractivity contribution in [3.63, 3.8) is 0 Å². The second-order valence-corrected chi connectivity index (χ2v) is 12.9. The van der Waals surface area contributed by atoms with Gasteiger partial charge in [-0.3, -0.25) is 9.59 Å². The Labute approximate surface area is 286 Å². The van der Waals surface area contributed by atoms with Crippen molar-refractivity contribution < 1.29 is 34.1 Å². The summed E-state index contributed by atoms with van der Waals surface area (Å²) in [5, 5.41) is 35.0. The number of nitrogens with zero attached hydrogens (tertiary/aromatic N) is 2. The van der Waals surface area contributed by atoms with Crippen LogP contribution >= 0.6 is 0 Å². The van der Waals surface area contributed by atoms with E-state index in [9.17, 15) is 34.1 Å². The molecule has 0 saturated carbocycles. The fraction of sp³-hybridized carbons (Fsp3) is 0.359. The molecule has 2 amide bonds. The van der Waals surface area contributed by atoms with Gasteiger partial charge in [0.25, 0.3) is 11.8 Å². The molecule has 258 valence electrons. The van der Waals surface area contributed by atoms with Crippen molar-refractivity contribution in [2.24, 2.45) is 0 Å². The van der Waals surface area contributed by atoms with Crippen LogP contribution in [-0.2, 0) is 17.8 Å². The minimum absolute atomic E-state index is 0.0198. The number of hydrogen-bond donors (Lipinski definition) is 3. The van der Waals surface area contributed by atoms with Gasteiger partial charge in [-0.15, -0.1) is 0 Å². The van der Waals surface area contributed by atoms with Crippen molar-refractivity contribution in [2.75, 3.05) is 13.1 Å². The number of aliphatic carboxylic acids is 1. The highest BCUT2D eigenvalue weighted by atomic mass is 19.1. The van der Waals surface area contributed by atoms with Crippen molar-refractivity contribution in [3.8, 4) is 22.3 Å². The number of carbonyl (C=O) groups excluding carboxylic acids is 3. The van der Waals surface area contributed by atoms with E-state index >= 15 is 0 Å². The van der Waals surface area contributed by atoms with Crippen LogP contribution in [0.5, 0.6) is 0 Å². The number of amides is 2. The molecule has 9 nitrogen and oxygen atoms in total. The average Bonchev–Trinajstić information content (AvgIpc) is 3.74. The van der Waals surface area contributed by atoms with Gasteiger partial charge in [0.05, 0.1) is 12.2 Å². The van der Waals surface area contributed by atoms with Crippen molar-refractivity contribution in [3.05, 3.63) is 107 Å². The first-order valence-electron chi connectivity index (χ1n) is 16.8. The van der Waals surface area contributed by atoms with E-state index in [0.717, 1.165) is 42.8 Å². The molecule has 2 atom stereocenters. The van der Waals surface area contributed by atoms with Crippen LogP contribution in [0.3, 0.4) is 0 Å². The van der Waals surface area contributed by atoms with Crippen LogP contribution in [0.25, 0.3) is 22.3 Å². The number of likely N-dealkylation sites (tertiary alicyclic amines) is 1. The Morgan fingerprint density at radius 1 is 0.878 bits per heavy atom. The molecular formula is C39H43FN3O6-.